The molecule has 0 radical (unpaired) electrons. The van der Waals surface area contributed by atoms with Gasteiger partial charge in [0, 0.05) is 17.7 Å². The summed E-state index contributed by atoms with van der Waals surface area (Å²) < 4.78 is 5.95. The maximum absolute atomic E-state index is 5.95. The number of hydrogen-bond donors (Lipinski definition) is 2. The van der Waals surface area contributed by atoms with Crippen molar-refractivity contribution < 1.29 is 4.74 Å². The molecule has 1 aliphatic heterocycles. The molecule has 2 N–H and O–H groups in total. The van der Waals surface area contributed by atoms with Crippen LogP contribution in [-0.4, -0.2) is 11.7 Å². The molecule has 2 aromatic rings. The van der Waals surface area contributed by atoms with Crippen molar-refractivity contribution in [1.29, 1.82) is 0 Å². The van der Waals surface area contributed by atoms with Gasteiger partial charge in [-0.05, 0) is 24.4 Å². The summed E-state index contributed by atoms with van der Waals surface area (Å²) in [5, 5.41) is 7.06. The summed E-state index contributed by atoms with van der Waals surface area (Å²) in [4.78, 5) is 0. The highest BCUT2D eigenvalue weighted by Gasteiger charge is 2.26. The fraction of sp³-hybridized carbons (Fsp3) is 0.118. The summed E-state index contributed by atoms with van der Waals surface area (Å²) >= 11 is 5.35. The quantitative estimate of drug-likeness (QED) is 0.670. The predicted molar refractivity (Wildman–Crippen MR) is 88.7 cm³/mol. The van der Waals surface area contributed by atoms with Crippen LogP contribution in [0.15, 0.2) is 61.2 Å². The van der Waals surface area contributed by atoms with E-state index in [4.69, 9.17) is 17.0 Å². The SMILES string of the molecule is C=CCNC(=S)NC1c2ccccc2Oc2ccccc21. The second-order valence-electron chi connectivity index (χ2n) is 4.75. The number of para-hydroxylation sites is 2. The van der Waals surface area contributed by atoms with Crippen LogP contribution in [0.1, 0.15) is 17.2 Å². The van der Waals surface area contributed by atoms with E-state index in [0.717, 1.165) is 22.6 Å². The molecule has 0 aromatic heterocycles. The van der Waals surface area contributed by atoms with E-state index < -0.39 is 0 Å². The van der Waals surface area contributed by atoms with Crippen LogP contribution in [0.3, 0.4) is 0 Å². The van der Waals surface area contributed by atoms with Crippen molar-refractivity contribution in [3.05, 3.63) is 72.3 Å². The fourth-order valence-corrected chi connectivity index (χ4v) is 2.61. The Labute approximate surface area is 129 Å². The van der Waals surface area contributed by atoms with Crippen LogP contribution in [0.5, 0.6) is 11.5 Å². The molecular formula is C17H16N2OS. The predicted octanol–water partition coefficient (Wildman–Crippen LogP) is 3.53. The Hall–Kier alpha value is -2.33. The molecule has 3 rings (SSSR count). The van der Waals surface area contributed by atoms with Gasteiger partial charge in [-0.3, -0.25) is 0 Å². The van der Waals surface area contributed by atoms with Crippen molar-refractivity contribution in [3.8, 4) is 11.5 Å². The van der Waals surface area contributed by atoms with Gasteiger partial charge in [0.05, 0.1) is 6.04 Å². The molecule has 0 aliphatic carbocycles. The molecule has 1 aliphatic rings. The first kappa shape index (κ1) is 13.6. The van der Waals surface area contributed by atoms with Crippen LogP contribution in [-0.2, 0) is 0 Å². The van der Waals surface area contributed by atoms with E-state index in [9.17, 15) is 0 Å². The van der Waals surface area contributed by atoms with Crippen molar-refractivity contribution >= 4 is 17.3 Å². The molecular weight excluding hydrogens is 280 g/mol. The number of nitrogens with one attached hydrogen (secondary N) is 2. The van der Waals surface area contributed by atoms with E-state index in [1.807, 2.05) is 36.4 Å². The van der Waals surface area contributed by atoms with Crippen LogP contribution >= 0.6 is 12.2 Å². The van der Waals surface area contributed by atoms with Gasteiger partial charge in [-0.25, -0.2) is 0 Å². The highest BCUT2D eigenvalue weighted by atomic mass is 32.1. The molecule has 1 heterocycles. The number of fused-ring (bicyclic) bond motifs is 2. The van der Waals surface area contributed by atoms with Crippen LogP contribution in [0, 0.1) is 0 Å². The van der Waals surface area contributed by atoms with E-state index in [1.165, 1.54) is 0 Å². The minimum atomic E-state index is -0.0176. The molecule has 0 atom stereocenters. The average Bonchev–Trinajstić information content (AvgIpc) is 2.52. The smallest absolute Gasteiger partial charge is 0.167 e. The Morgan fingerprint density at radius 3 is 2.24 bits per heavy atom. The maximum Gasteiger partial charge on any atom is 0.167 e. The van der Waals surface area contributed by atoms with Crippen molar-refractivity contribution in [1.82, 2.24) is 10.6 Å². The van der Waals surface area contributed by atoms with Crippen molar-refractivity contribution in [2.75, 3.05) is 6.54 Å². The first-order valence-electron chi connectivity index (χ1n) is 6.80. The molecule has 3 nitrogen and oxygen atoms in total. The number of benzene rings is 2. The highest BCUT2D eigenvalue weighted by molar-refractivity contribution is 7.80. The molecule has 0 fully saturated rings. The van der Waals surface area contributed by atoms with Crippen LogP contribution in [0.25, 0.3) is 0 Å². The third-order valence-electron chi connectivity index (χ3n) is 3.36. The number of thiocarbonyl (C=S) groups is 1. The molecule has 0 saturated carbocycles. The lowest BCUT2D eigenvalue weighted by molar-refractivity contribution is 0.441. The molecule has 21 heavy (non-hydrogen) atoms. The Kier molecular flexibility index (Phi) is 3.88. The van der Waals surface area contributed by atoms with E-state index in [2.05, 4.69) is 29.3 Å². The van der Waals surface area contributed by atoms with Crippen LogP contribution in [0.2, 0.25) is 0 Å². The zero-order valence-corrected chi connectivity index (χ0v) is 12.3. The Morgan fingerprint density at radius 1 is 1.10 bits per heavy atom. The minimum absolute atomic E-state index is 0.0176. The fourth-order valence-electron chi connectivity index (χ4n) is 2.41. The van der Waals surface area contributed by atoms with E-state index in [0.29, 0.717) is 11.7 Å². The minimum Gasteiger partial charge on any atom is -0.457 e. The van der Waals surface area contributed by atoms with E-state index in [-0.39, 0.29) is 6.04 Å². The van der Waals surface area contributed by atoms with Gasteiger partial charge in [0.1, 0.15) is 11.5 Å². The van der Waals surface area contributed by atoms with Gasteiger partial charge in [-0.2, -0.15) is 0 Å². The van der Waals surface area contributed by atoms with Gasteiger partial charge in [0.15, 0.2) is 5.11 Å². The largest absolute Gasteiger partial charge is 0.457 e. The van der Waals surface area contributed by atoms with Crippen LogP contribution < -0.4 is 15.4 Å². The molecule has 0 amide bonds. The van der Waals surface area contributed by atoms with Gasteiger partial charge in [-0.1, -0.05) is 42.5 Å². The van der Waals surface area contributed by atoms with Crippen molar-refractivity contribution in [2.24, 2.45) is 0 Å². The summed E-state index contributed by atoms with van der Waals surface area (Å²) in [6.45, 7) is 4.32. The Morgan fingerprint density at radius 2 is 1.67 bits per heavy atom. The number of ether oxygens (including phenoxy) is 1. The molecule has 2 aromatic carbocycles. The summed E-state index contributed by atoms with van der Waals surface area (Å²) in [6.07, 6.45) is 1.78. The maximum atomic E-state index is 5.95. The number of hydrogen-bond acceptors (Lipinski definition) is 2. The first-order valence-corrected chi connectivity index (χ1v) is 7.21. The molecule has 0 spiro atoms. The van der Waals surface area contributed by atoms with Gasteiger partial charge < -0.3 is 15.4 Å². The first-order chi connectivity index (χ1) is 10.3. The Bertz CT molecular complexity index is 638. The summed E-state index contributed by atoms with van der Waals surface area (Å²) in [7, 11) is 0. The van der Waals surface area contributed by atoms with Crippen molar-refractivity contribution in [2.45, 2.75) is 6.04 Å². The zero-order chi connectivity index (χ0) is 14.7. The summed E-state index contributed by atoms with van der Waals surface area (Å²) in [5.41, 5.74) is 2.16. The highest BCUT2D eigenvalue weighted by Crippen LogP contribution is 2.42. The summed E-state index contributed by atoms with van der Waals surface area (Å²) in [5.74, 6) is 1.72. The van der Waals surface area contributed by atoms with Crippen LogP contribution in [0.4, 0.5) is 0 Å². The van der Waals surface area contributed by atoms with Gasteiger partial charge in [-0.15, -0.1) is 6.58 Å². The lowest BCUT2D eigenvalue weighted by atomic mass is 9.95. The van der Waals surface area contributed by atoms with Gasteiger partial charge in [0.25, 0.3) is 0 Å². The molecule has 0 bridgehead atoms. The zero-order valence-electron chi connectivity index (χ0n) is 11.5. The average molecular weight is 296 g/mol. The summed E-state index contributed by atoms with van der Waals surface area (Å²) in [6, 6.07) is 16.0. The molecule has 106 valence electrons. The molecule has 0 saturated heterocycles. The monoisotopic (exact) mass is 296 g/mol. The van der Waals surface area contributed by atoms with E-state index in [1.54, 1.807) is 6.08 Å². The van der Waals surface area contributed by atoms with Crippen molar-refractivity contribution in [3.63, 3.8) is 0 Å². The molecule has 0 unspecified atom stereocenters. The second kappa shape index (κ2) is 5.97. The van der Waals surface area contributed by atoms with E-state index >= 15 is 0 Å². The Balaban J connectivity index is 1.95. The van der Waals surface area contributed by atoms with Gasteiger partial charge >= 0.3 is 0 Å². The lowest BCUT2D eigenvalue weighted by Gasteiger charge is -2.29. The second-order valence-corrected chi connectivity index (χ2v) is 5.16. The standard InChI is InChI=1S/C17H16N2OS/c1-2-11-18-17(21)19-16-12-7-3-5-9-14(12)20-15-10-6-4-8-13(15)16/h2-10,16H,1,11H2,(H2,18,19,21). The number of rotatable bonds is 3. The third-order valence-corrected chi connectivity index (χ3v) is 3.62. The third kappa shape index (κ3) is 2.76. The lowest BCUT2D eigenvalue weighted by Crippen LogP contribution is -2.39. The normalized spacial score (nSPS) is 12.6. The molecule has 4 heteroatoms. The van der Waals surface area contributed by atoms with Gasteiger partial charge in [0.2, 0.25) is 0 Å². The topological polar surface area (TPSA) is 33.3 Å².